The Morgan fingerprint density at radius 3 is 2.85 bits per heavy atom. The lowest BCUT2D eigenvalue weighted by atomic mass is 9.92. The Morgan fingerprint density at radius 1 is 1.23 bits per heavy atom. The van der Waals surface area contributed by atoms with Crippen LogP contribution in [0.2, 0.25) is 0 Å². The summed E-state index contributed by atoms with van der Waals surface area (Å²) in [7, 11) is 2.11. The van der Waals surface area contributed by atoms with Crippen molar-refractivity contribution in [1.82, 2.24) is 14.8 Å². The third kappa shape index (κ3) is 3.64. The van der Waals surface area contributed by atoms with E-state index in [-0.39, 0.29) is 11.9 Å². The van der Waals surface area contributed by atoms with Gasteiger partial charge in [0.15, 0.2) is 0 Å². The van der Waals surface area contributed by atoms with Crippen molar-refractivity contribution in [3.63, 3.8) is 0 Å². The van der Waals surface area contributed by atoms with Crippen molar-refractivity contribution >= 4 is 11.6 Å². The van der Waals surface area contributed by atoms with Crippen LogP contribution in [0, 0.1) is 5.92 Å². The summed E-state index contributed by atoms with van der Waals surface area (Å²) in [5.41, 5.74) is 2.13. The van der Waals surface area contributed by atoms with Crippen molar-refractivity contribution in [2.24, 2.45) is 5.92 Å². The molecule has 2 fully saturated rings. The summed E-state index contributed by atoms with van der Waals surface area (Å²) in [4.78, 5) is 21.8. The first-order chi connectivity index (χ1) is 12.7. The summed E-state index contributed by atoms with van der Waals surface area (Å²) in [5, 5.41) is 3.07. The molecule has 1 amide bonds. The Hall–Kier alpha value is -2.24. The van der Waals surface area contributed by atoms with Crippen LogP contribution < -0.4 is 5.32 Å². The number of hydrogen-bond acceptors (Lipinski definition) is 4. The molecule has 2 aliphatic rings. The van der Waals surface area contributed by atoms with Gasteiger partial charge in [0.2, 0.25) is 5.91 Å². The van der Waals surface area contributed by atoms with Gasteiger partial charge in [-0.2, -0.15) is 0 Å². The fraction of sp³-hybridized carbons (Fsp3) is 0.429. The van der Waals surface area contributed by atoms with Crippen molar-refractivity contribution in [2.45, 2.75) is 31.5 Å². The smallest absolute Gasteiger partial charge is 0.241 e. The maximum Gasteiger partial charge on any atom is 0.241 e. The van der Waals surface area contributed by atoms with Crippen molar-refractivity contribution in [1.29, 1.82) is 0 Å². The van der Waals surface area contributed by atoms with Crippen LogP contribution in [0.4, 0.5) is 5.69 Å². The largest absolute Gasteiger partial charge is 0.325 e. The second-order valence-electron chi connectivity index (χ2n) is 7.48. The molecule has 1 aromatic carbocycles. The Balaban J connectivity index is 1.38. The zero-order valence-corrected chi connectivity index (χ0v) is 15.2. The number of anilines is 1. The zero-order chi connectivity index (χ0) is 17.9. The number of aromatic nitrogens is 1. The van der Waals surface area contributed by atoms with Gasteiger partial charge in [0.25, 0.3) is 0 Å². The molecule has 5 nitrogen and oxygen atoms in total. The summed E-state index contributed by atoms with van der Waals surface area (Å²) in [6.07, 6.45) is 5.82. The van der Waals surface area contributed by atoms with E-state index in [4.69, 9.17) is 0 Å². The normalized spacial score (nSPS) is 26.4. The van der Waals surface area contributed by atoms with Crippen LogP contribution in [0.5, 0.6) is 0 Å². The van der Waals surface area contributed by atoms with E-state index in [1.165, 1.54) is 5.56 Å². The summed E-state index contributed by atoms with van der Waals surface area (Å²) >= 11 is 0. The third-order valence-corrected chi connectivity index (χ3v) is 5.79. The van der Waals surface area contributed by atoms with E-state index >= 15 is 0 Å². The minimum absolute atomic E-state index is 0.0384. The van der Waals surface area contributed by atoms with Gasteiger partial charge in [0.05, 0.1) is 6.04 Å². The number of likely N-dealkylation sites (N-methyl/N-ethyl adjacent to an activating group) is 1. The van der Waals surface area contributed by atoms with Gasteiger partial charge in [-0.3, -0.25) is 19.6 Å². The Morgan fingerprint density at radius 2 is 2.08 bits per heavy atom. The number of fused-ring (bicyclic) bond motifs is 1. The Labute approximate surface area is 155 Å². The number of hydrogen-bond donors (Lipinski definition) is 1. The van der Waals surface area contributed by atoms with Crippen LogP contribution in [0.15, 0.2) is 54.9 Å². The molecule has 0 unspecified atom stereocenters. The van der Waals surface area contributed by atoms with Crippen molar-refractivity contribution in [3.05, 3.63) is 60.4 Å². The number of carbonyl (C=O) groups excluding carboxylic acids is 1. The molecule has 136 valence electrons. The van der Waals surface area contributed by atoms with Gasteiger partial charge in [-0.15, -0.1) is 0 Å². The van der Waals surface area contributed by atoms with Gasteiger partial charge in [-0.25, -0.2) is 0 Å². The topological polar surface area (TPSA) is 48.5 Å². The van der Waals surface area contributed by atoms with Crippen molar-refractivity contribution < 1.29 is 4.79 Å². The number of piperidine rings is 1. The van der Waals surface area contributed by atoms with E-state index in [2.05, 4.69) is 33.2 Å². The summed E-state index contributed by atoms with van der Waals surface area (Å²) in [6, 6.07) is 14.3. The Bertz CT molecular complexity index is 736. The molecule has 0 spiro atoms. The van der Waals surface area contributed by atoms with E-state index < -0.39 is 0 Å². The number of likely N-dealkylation sites (tertiary alicyclic amines) is 2. The summed E-state index contributed by atoms with van der Waals surface area (Å²) in [6.45, 7) is 3.08. The SMILES string of the molecule is CN1[C@H](C(=O)Nc2ccccc2)C[C@@H]2CN(Cc3cccnc3)CC[C@@H]21. The molecule has 0 bridgehead atoms. The maximum atomic E-state index is 12.8. The fourth-order valence-corrected chi connectivity index (χ4v) is 4.48. The number of benzene rings is 1. The van der Waals surface area contributed by atoms with Crippen molar-refractivity contribution in [3.8, 4) is 0 Å². The second-order valence-corrected chi connectivity index (χ2v) is 7.48. The first-order valence-corrected chi connectivity index (χ1v) is 9.40. The molecule has 4 rings (SSSR count). The predicted molar refractivity (Wildman–Crippen MR) is 103 cm³/mol. The number of carbonyl (C=O) groups is 1. The van der Waals surface area contributed by atoms with Gasteiger partial charge >= 0.3 is 0 Å². The molecule has 2 aromatic rings. The molecule has 0 saturated carbocycles. The highest BCUT2D eigenvalue weighted by molar-refractivity contribution is 5.95. The second kappa shape index (κ2) is 7.56. The number of nitrogens with zero attached hydrogens (tertiary/aromatic N) is 3. The predicted octanol–water partition coefficient (Wildman–Crippen LogP) is 2.61. The molecule has 5 heteroatoms. The van der Waals surface area contributed by atoms with E-state index in [9.17, 15) is 4.79 Å². The summed E-state index contributed by atoms with van der Waals surface area (Å²) in [5.74, 6) is 0.670. The van der Waals surface area contributed by atoms with Gasteiger partial charge in [-0.1, -0.05) is 24.3 Å². The number of nitrogens with one attached hydrogen (secondary N) is 1. The number of rotatable bonds is 4. The van der Waals surface area contributed by atoms with Crippen molar-refractivity contribution in [2.75, 3.05) is 25.5 Å². The molecule has 3 heterocycles. The Kier molecular flexibility index (Phi) is 5.00. The van der Waals surface area contributed by atoms with E-state index in [1.54, 1.807) is 0 Å². The molecule has 3 atom stereocenters. The van der Waals surface area contributed by atoms with Gasteiger partial charge in [0.1, 0.15) is 0 Å². The van der Waals surface area contributed by atoms with Crippen LogP contribution in [0.25, 0.3) is 0 Å². The molecular weight excluding hydrogens is 324 g/mol. The molecule has 2 aliphatic heterocycles. The van der Waals surface area contributed by atoms with Gasteiger partial charge in [0, 0.05) is 37.2 Å². The first kappa shape index (κ1) is 17.2. The number of pyridine rings is 1. The molecule has 0 aliphatic carbocycles. The molecule has 1 aromatic heterocycles. The van der Waals surface area contributed by atoms with Crippen LogP contribution in [-0.4, -0.2) is 52.9 Å². The van der Waals surface area contributed by atoms with E-state index in [0.717, 1.165) is 38.2 Å². The number of para-hydroxylation sites is 1. The zero-order valence-electron chi connectivity index (χ0n) is 15.2. The maximum absolute atomic E-state index is 12.8. The monoisotopic (exact) mass is 350 g/mol. The molecule has 2 saturated heterocycles. The average molecular weight is 350 g/mol. The lowest BCUT2D eigenvalue weighted by Crippen LogP contribution is -2.46. The highest BCUT2D eigenvalue weighted by Crippen LogP contribution is 2.35. The third-order valence-electron chi connectivity index (χ3n) is 5.79. The highest BCUT2D eigenvalue weighted by Gasteiger charge is 2.44. The van der Waals surface area contributed by atoms with Gasteiger partial charge < -0.3 is 5.32 Å². The standard InChI is InChI=1S/C21H26N4O/c1-24-19-9-11-25(14-16-6-5-10-22-13-16)15-17(19)12-20(24)21(26)23-18-7-3-2-4-8-18/h2-8,10,13,17,19-20H,9,11-12,14-15H2,1H3,(H,23,26)/t17-,19+,20+/m1/s1. The minimum atomic E-state index is -0.0384. The number of amides is 1. The minimum Gasteiger partial charge on any atom is -0.325 e. The first-order valence-electron chi connectivity index (χ1n) is 9.40. The van der Waals surface area contributed by atoms with Crippen LogP contribution >= 0.6 is 0 Å². The molecule has 26 heavy (non-hydrogen) atoms. The van der Waals surface area contributed by atoms with E-state index in [0.29, 0.717) is 12.0 Å². The lowest BCUT2D eigenvalue weighted by molar-refractivity contribution is -0.120. The molecule has 1 N–H and O–H groups in total. The molecule has 0 radical (unpaired) electrons. The summed E-state index contributed by atoms with van der Waals surface area (Å²) < 4.78 is 0. The highest BCUT2D eigenvalue weighted by atomic mass is 16.2. The molecular formula is C21H26N4O. The quantitative estimate of drug-likeness (QED) is 0.921. The fourth-order valence-electron chi connectivity index (χ4n) is 4.48. The van der Waals surface area contributed by atoms with E-state index in [1.807, 2.05) is 48.8 Å². The van der Waals surface area contributed by atoms with Crippen LogP contribution in [0.3, 0.4) is 0 Å². The van der Waals surface area contributed by atoms with Crippen LogP contribution in [0.1, 0.15) is 18.4 Å². The van der Waals surface area contributed by atoms with Gasteiger partial charge in [-0.05, 0) is 56.1 Å². The lowest BCUT2D eigenvalue weighted by Gasteiger charge is -2.37. The van der Waals surface area contributed by atoms with Crippen LogP contribution in [-0.2, 0) is 11.3 Å². The average Bonchev–Trinajstić information content (AvgIpc) is 3.00.